The molecule has 0 spiro atoms. The standard InChI is InChI=1S/C19H23NO2S/c1-15(2)14-19(17-12-8-5-9-13-17)18(20(3)23(19,21)22)16-10-6-4-7-11-16/h4-13,15,18H,14H2,1-3H3/t18-,19+/m0/s1. The fourth-order valence-corrected chi connectivity index (χ4v) is 6.35. The van der Waals surface area contributed by atoms with Crippen LogP contribution in [0.5, 0.6) is 0 Å². The molecule has 1 fully saturated rings. The van der Waals surface area contributed by atoms with Crippen LogP contribution in [0.1, 0.15) is 37.4 Å². The third-order valence-corrected chi connectivity index (χ3v) is 7.25. The summed E-state index contributed by atoms with van der Waals surface area (Å²) in [5.41, 5.74) is 1.94. The Morgan fingerprint density at radius 1 is 1.00 bits per heavy atom. The molecule has 0 unspecified atom stereocenters. The van der Waals surface area contributed by atoms with E-state index in [1.54, 1.807) is 7.05 Å². The van der Waals surface area contributed by atoms with E-state index < -0.39 is 14.8 Å². The number of sulfonamides is 1. The van der Waals surface area contributed by atoms with Gasteiger partial charge in [0.1, 0.15) is 4.75 Å². The van der Waals surface area contributed by atoms with Crippen molar-refractivity contribution in [2.24, 2.45) is 5.92 Å². The van der Waals surface area contributed by atoms with Gasteiger partial charge >= 0.3 is 0 Å². The summed E-state index contributed by atoms with van der Waals surface area (Å²) in [7, 11) is -1.69. The summed E-state index contributed by atoms with van der Waals surface area (Å²) in [5, 5.41) is 0. The Bertz CT molecular complexity index is 772. The smallest absolute Gasteiger partial charge is 0.211 e. The van der Waals surface area contributed by atoms with Gasteiger partial charge in [0, 0.05) is 7.05 Å². The number of likely N-dealkylation sites (N-methyl/N-ethyl adjacent to an activating group) is 1. The highest BCUT2D eigenvalue weighted by atomic mass is 32.2. The van der Waals surface area contributed by atoms with Crippen LogP contribution >= 0.6 is 0 Å². The summed E-state index contributed by atoms with van der Waals surface area (Å²) >= 11 is 0. The second kappa shape index (κ2) is 5.77. The lowest BCUT2D eigenvalue weighted by Crippen LogP contribution is -2.64. The van der Waals surface area contributed by atoms with Crippen LogP contribution in [0.2, 0.25) is 0 Å². The number of nitrogens with zero attached hydrogens (tertiary/aromatic N) is 1. The van der Waals surface area contributed by atoms with Gasteiger partial charge in [-0.1, -0.05) is 74.5 Å². The Labute approximate surface area is 139 Å². The Balaban J connectivity index is 2.22. The first-order valence-corrected chi connectivity index (χ1v) is 9.43. The van der Waals surface area contributed by atoms with E-state index in [1.165, 1.54) is 4.31 Å². The molecule has 2 aromatic carbocycles. The van der Waals surface area contributed by atoms with Gasteiger partial charge in [0.05, 0.1) is 6.04 Å². The van der Waals surface area contributed by atoms with Crippen molar-refractivity contribution in [1.29, 1.82) is 0 Å². The largest absolute Gasteiger partial charge is 0.226 e. The van der Waals surface area contributed by atoms with Gasteiger partial charge in [-0.25, -0.2) is 8.42 Å². The molecule has 1 aliphatic rings. The van der Waals surface area contributed by atoms with Gasteiger partial charge in [0.15, 0.2) is 0 Å². The average molecular weight is 329 g/mol. The molecule has 0 aromatic heterocycles. The molecule has 2 aromatic rings. The van der Waals surface area contributed by atoms with Gasteiger partial charge in [0.2, 0.25) is 10.0 Å². The van der Waals surface area contributed by atoms with Crippen LogP contribution in [-0.2, 0) is 14.8 Å². The molecule has 0 bridgehead atoms. The Morgan fingerprint density at radius 2 is 1.52 bits per heavy atom. The molecule has 1 aliphatic heterocycles. The van der Waals surface area contributed by atoms with Crippen LogP contribution in [0.4, 0.5) is 0 Å². The average Bonchev–Trinajstić information content (AvgIpc) is 2.55. The van der Waals surface area contributed by atoms with Crippen molar-refractivity contribution in [2.75, 3.05) is 7.05 Å². The second-order valence-corrected chi connectivity index (χ2v) is 8.94. The van der Waals surface area contributed by atoms with E-state index >= 15 is 0 Å². The zero-order valence-electron chi connectivity index (χ0n) is 13.8. The fraction of sp³-hybridized carbons (Fsp3) is 0.368. The first kappa shape index (κ1) is 16.2. The monoisotopic (exact) mass is 329 g/mol. The third-order valence-electron chi connectivity index (χ3n) is 4.73. The number of hydrogen-bond donors (Lipinski definition) is 0. The van der Waals surface area contributed by atoms with E-state index in [1.807, 2.05) is 60.7 Å². The molecule has 1 saturated heterocycles. The van der Waals surface area contributed by atoms with Crippen molar-refractivity contribution in [1.82, 2.24) is 4.31 Å². The number of rotatable bonds is 4. The molecule has 0 aliphatic carbocycles. The van der Waals surface area contributed by atoms with Crippen LogP contribution < -0.4 is 0 Å². The van der Waals surface area contributed by atoms with Crippen molar-refractivity contribution in [2.45, 2.75) is 31.1 Å². The number of benzene rings is 2. The highest BCUT2D eigenvalue weighted by Crippen LogP contribution is 2.59. The molecule has 0 saturated carbocycles. The van der Waals surface area contributed by atoms with Gasteiger partial charge in [-0.2, -0.15) is 4.31 Å². The van der Waals surface area contributed by atoms with Crippen LogP contribution in [0, 0.1) is 5.92 Å². The predicted octanol–water partition coefficient (Wildman–Crippen LogP) is 3.94. The van der Waals surface area contributed by atoms with Crippen LogP contribution in [0.25, 0.3) is 0 Å². The SMILES string of the molecule is CC(C)C[C@@]1(c2ccccc2)[C@H](c2ccccc2)N(C)S1(=O)=O. The second-order valence-electron chi connectivity index (χ2n) is 6.69. The van der Waals surface area contributed by atoms with E-state index in [-0.39, 0.29) is 12.0 Å². The maximum absolute atomic E-state index is 13.1. The minimum atomic E-state index is -3.37. The third kappa shape index (κ3) is 2.32. The molecule has 0 radical (unpaired) electrons. The van der Waals surface area contributed by atoms with Crippen molar-refractivity contribution in [3.05, 3.63) is 71.8 Å². The molecule has 2 atom stereocenters. The van der Waals surface area contributed by atoms with Crippen molar-refractivity contribution in [3.63, 3.8) is 0 Å². The fourth-order valence-electron chi connectivity index (χ4n) is 3.86. The molecular formula is C19H23NO2S. The number of hydrogen-bond acceptors (Lipinski definition) is 2. The molecule has 3 rings (SSSR count). The molecular weight excluding hydrogens is 306 g/mol. The first-order chi connectivity index (χ1) is 10.9. The lowest BCUT2D eigenvalue weighted by molar-refractivity contribution is 0.184. The van der Waals surface area contributed by atoms with Gasteiger partial charge in [-0.05, 0) is 23.5 Å². The zero-order valence-corrected chi connectivity index (χ0v) is 14.6. The maximum Gasteiger partial charge on any atom is 0.226 e. The summed E-state index contributed by atoms with van der Waals surface area (Å²) in [4.78, 5) is 0. The molecule has 122 valence electrons. The Hall–Kier alpha value is -1.65. The van der Waals surface area contributed by atoms with E-state index in [2.05, 4.69) is 13.8 Å². The Kier molecular flexibility index (Phi) is 4.07. The summed E-state index contributed by atoms with van der Waals surface area (Å²) in [6.45, 7) is 4.17. The van der Waals surface area contributed by atoms with Crippen molar-refractivity contribution < 1.29 is 8.42 Å². The van der Waals surface area contributed by atoms with Crippen molar-refractivity contribution >= 4 is 10.0 Å². The van der Waals surface area contributed by atoms with E-state index in [4.69, 9.17) is 0 Å². The van der Waals surface area contributed by atoms with Crippen molar-refractivity contribution in [3.8, 4) is 0 Å². The van der Waals surface area contributed by atoms with Gasteiger partial charge in [0.25, 0.3) is 0 Å². The van der Waals surface area contributed by atoms with Gasteiger partial charge in [-0.15, -0.1) is 0 Å². The molecule has 23 heavy (non-hydrogen) atoms. The highest BCUT2D eigenvalue weighted by molar-refractivity contribution is 7.91. The lowest BCUT2D eigenvalue weighted by atomic mass is 9.80. The van der Waals surface area contributed by atoms with Crippen LogP contribution in [0.3, 0.4) is 0 Å². The van der Waals surface area contributed by atoms with Crippen LogP contribution in [0.15, 0.2) is 60.7 Å². The molecule has 0 N–H and O–H groups in total. The van der Waals surface area contributed by atoms with E-state index in [0.29, 0.717) is 6.42 Å². The quantitative estimate of drug-likeness (QED) is 0.852. The molecule has 4 heteroatoms. The predicted molar refractivity (Wildman–Crippen MR) is 93.4 cm³/mol. The topological polar surface area (TPSA) is 37.4 Å². The highest BCUT2D eigenvalue weighted by Gasteiger charge is 2.65. The normalized spacial score (nSPS) is 26.9. The summed E-state index contributed by atoms with van der Waals surface area (Å²) < 4.78 is 26.9. The first-order valence-electron chi connectivity index (χ1n) is 7.99. The summed E-state index contributed by atoms with van der Waals surface area (Å²) in [6.07, 6.45) is 0.614. The summed E-state index contributed by atoms with van der Waals surface area (Å²) in [5.74, 6) is 0.282. The molecule has 1 heterocycles. The minimum Gasteiger partial charge on any atom is -0.211 e. The van der Waals surface area contributed by atoms with Gasteiger partial charge in [-0.3, -0.25) is 0 Å². The molecule has 3 nitrogen and oxygen atoms in total. The Morgan fingerprint density at radius 3 is 2.04 bits per heavy atom. The zero-order chi connectivity index (χ0) is 16.7. The van der Waals surface area contributed by atoms with Gasteiger partial charge < -0.3 is 0 Å². The maximum atomic E-state index is 13.1. The van der Waals surface area contributed by atoms with Crippen LogP contribution in [-0.4, -0.2) is 19.8 Å². The molecule has 0 amide bonds. The van der Waals surface area contributed by atoms with E-state index in [0.717, 1.165) is 11.1 Å². The summed E-state index contributed by atoms with van der Waals surface area (Å²) in [6, 6.07) is 19.5. The van der Waals surface area contributed by atoms with E-state index in [9.17, 15) is 8.42 Å². The minimum absolute atomic E-state index is 0.154. The lowest BCUT2D eigenvalue weighted by Gasteiger charge is -2.55.